The minimum atomic E-state index is 0. The summed E-state index contributed by atoms with van der Waals surface area (Å²) in [6, 6.07) is 0. The van der Waals surface area contributed by atoms with Gasteiger partial charge >= 0.3 is 0 Å². The quantitative estimate of drug-likeness (QED) is 0.830. The Hall–Kier alpha value is -1.11. The van der Waals surface area contributed by atoms with Crippen molar-refractivity contribution < 1.29 is 0 Å². The molecule has 2 aromatic rings. The molecule has 17 heavy (non-hydrogen) atoms. The third-order valence-corrected chi connectivity index (χ3v) is 2.56. The molecule has 2 aromatic heterocycles. The molecule has 0 unspecified atom stereocenters. The van der Waals surface area contributed by atoms with E-state index in [1.54, 1.807) is 6.33 Å². The Bertz CT molecular complexity index is 491. The van der Waals surface area contributed by atoms with E-state index >= 15 is 0 Å². The van der Waals surface area contributed by atoms with Gasteiger partial charge in [-0.1, -0.05) is 0 Å². The second kappa shape index (κ2) is 5.48. The Morgan fingerprint density at radius 2 is 2.12 bits per heavy atom. The van der Waals surface area contributed by atoms with Crippen molar-refractivity contribution >= 4 is 24.8 Å². The summed E-state index contributed by atoms with van der Waals surface area (Å²) in [4.78, 5) is 4.29. The molecule has 0 aliphatic carbocycles. The average Bonchev–Trinajstić information content (AvgIpc) is 2.83. The van der Waals surface area contributed by atoms with E-state index in [9.17, 15) is 0 Å². The van der Waals surface area contributed by atoms with Crippen LogP contribution in [0.25, 0.3) is 11.5 Å². The first kappa shape index (κ1) is 14.0. The number of nitrogens with zero attached hydrogens (tertiary/aromatic N) is 5. The van der Waals surface area contributed by atoms with Crippen molar-refractivity contribution in [2.45, 2.75) is 13.1 Å². The summed E-state index contributed by atoms with van der Waals surface area (Å²) in [7, 11) is 1.95. The van der Waals surface area contributed by atoms with Crippen LogP contribution in [0.2, 0.25) is 0 Å². The zero-order valence-electron chi connectivity index (χ0n) is 9.33. The van der Waals surface area contributed by atoms with Gasteiger partial charge in [-0.3, -0.25) is 0 Å². The van der Waals surface area contributed by atoms with Crippen LogP contribution in [0.1, 0.15) is 5.82 Å². The summed E-state index contributed by atoms with van der Waals surface area (Å²) in [6.45, 7) is 2.67. The summed E-state index contributed by atoms with van der Waals surface area (Å²) in [5.41, 5.74) is 0.887. The highest BCUT2D eigenvalue weighted by atomic mass is 35.5. The first-order chi connectivity index (χ1) is 7.34. The van der Waals surface area contributed by atoms with Crippen molar-refractivity contribution in [1.29, 1.82) is 0 Å². The minimum Gasteiger partial charge on any atom is -0.340 e. The Labute approximate surface area is 111 Å². The van der Waals surface area contributed by atoms with Crippen LogP contribution in [-0.4, -0.2) is 30.9 Å². The van der Waals surface area contributed by atoms with Crippen molar-refractivity contribution in [3.63, 3.8) is 0 Å². The first-order valence-corrected chi connectivity index (χ1v) is 4.96. The zero-order chi connectivity index (χ0) is 10.3. The second-order valence-electron chi connectivity index (χ2n) is 3.69. The molecule has 94 valence electrons. The lowest BCUT2D eigenvalue weighted by atomic mass is 10.4. The number of nitrogens with one attached hydrogen (secondary N) is 1. The van der Waals surface area contributed by atoms with Crippen LogP contribution < -0.4 is 5.32 Å². The van der Waals surface area contributed by atoms with E-state index < -0.39 is 0 Å². The van der Waals surface area contributed by atoms with Crippen molar-refractivity contribution in [3.8, 4) is 11.5 Å². The van der Waals surface area contributed by atoms with Gasteiger partial charge in [0, 0.05) is 26.3 Å². The fraction of sp³-hybridized carbons (Fsp3) is 0.444. The first-order valence-electron chi connectivity index (χ1n) is 4.96. The van der Waals surface area contributed by atoms with E-state index in [1.165, 1.54) is 0 Å². The highest BCUT2D eigenvalue weighted by Crippen LogP contribution is 2.16. The standard InChI is InChI=1S/C9H12N6.2ClH/c1-14-5-7(11-6-14)9-13-12-8-4-10-2-3-15(8)9;;/h5-6,10H,2-4H2,1H3;2*1H. The summed E-state index contributed by atoms with van der Waals surface area (Å²) in [6.07, 6.45) is 3.73. The highest BCUT2D eigenvalue weighted by molar-refractivity contribution is 5.85. The number of imidazole rings is 1. The van der Waals surface area contributed by atoms with Gasteiger partial charge in [-0.2, -0.15) is 0 Å². The van der Waals surface area contributed by atoms with Crippen LogP contribution in [0.4, 0.5) is 0 Å². The number of rotatable bonds is 1. The fourth-order valence-corrected chi connectivity index (χ4v) is 1.81. The van der Waals surface area contributed by atoms with Crippen molar-refractivity contribution in [2.75, 3.05) is 6.54 Å². The van der Waals surface area contributed by atoms with Gasteiger partial charge in [0.05, 0.1) is 12.9 Å². The van der Waals surface area contributed by atoms with Gasteiger partial charge < -0.3 is 14.5 Å². The number of hydrogen-bond donors (Lipinski definition) is 1. The van der Waals surface area contributed by atoms with E-state index in [0.717, 1.165) is 37.0 Å². The van der Waals surface area contributed by atoms with Crippen LogP contribution in [0.3, 0.4) is 0 Å². The lowest BCUT2D eigenvalue weighted by molar-refractivity contribution is 0.508. The van der Waals surface area contributed by atoms with Gasteiger partial charge in [0.25, 0.3) is 0 Å². The maximum absolute atomic E-state index is 4.29. The number of aryl methyl sites for hydroxylation is 1. The molecule has 0 radical (unpaired) electrons. The second-order valence-corrected chi connectivity index (χ2v) is 3.69. The average molecular weight is 277 g/mol. The number of halogens is 2. The van der Waals surface area contributed by atoms with Crippen LogP contribution in [0.5, 0.6) is 0 Å². The molecule has 0 amide bonds. The third kappa shape index (κ3) is 2.43. The van der Waals surface area contributed by atoms with Crippen LogP contribution >= 0.6 is 24.8 Å². The van der Waals surface area contributed by atoms with Crippen LogP contribution in [0, 0.1) is 0 Å². The molecule has 1 aliphatic rings. The van der Waals surface area contributed by atoms with Crippen LogP contribution in [-0.2, 0) is 20.1 Å². The van der Waals surface area contributed by atoms with E-state index in [1.807, 2.05) is 17.8 Å². The Balaban J connectivity index is 0.000000722. The van der Waals surface area contributed by atoms with E-state index in [4.69, 9.17) is 0 Å². The Morgan fingerprint density at radius 1 is 1.29 bits per heavy atom. The molecular weight excluding hydrogens is 263 g/mol. The molecule has 3 heterocycles. The molecule has 0 saturated carbocycles. The molecule has 0 atom stereocenters. The van der Waals surface area contributed by atoms with Gasteiger partial charge in [-0.15, -0.1) is 35.0 Å². The minimum absolute atomic E-state index is 0. The van der Waals surface area contributed by atoms with Crippen molar-refractivity contribution in [2.24, 2.45) is 7.05 Å². The molecule has 0 spiro atoms. The molecule has 0 saturated heterocycles. The maximum Gasteiger partial charge on any atom is 0.184 e. The van der Waals surface area contributed by atoms with Gasteiger partial charge in [0.2, 0.25) is 0 Å². The SMILES string of the molecule is Cl.Cl.Cn1cnc(-c2nnc3n2CCNC3)c1. The topological polar surface area (TPSA) is 60.6 Å². The Morgan fingerprint density at radius 3 is 2.82 bits per heavy atom. The predicted molar refractivity (Wildman–Crippen MR) is 68.4 cm³/mol. The largest absolute Gasteiger partial charge is 0.340 e. The number of hydrogen-bond acceptors (Lipinski definition) is 4. The number of aromatic nitrogens is 5. The molecule has 0 fully saturated rings. The van der Waals surface area contributed by atoms with Gasteiger partial charge in [0.1, 0.15) is 11.5 Å². The molecule has 6 nitrogen and oxygen atoms in total. The van der Waals surface area contributed by atoms with Gasteiger partial charge in [-0.05, 0) is 0 Å². The molecular formula is C9H14Cl2N6. The molecule has 0 bridgehead atoms. The Kier molecular flexibility index (Phi) is 4.50. The van der Waals surface area contributed by atoms with E-state index in [0.29, 0.717) is 0 Å². The number of fused-ring (bicyclic) bond motifs is 1. The molecule has 0 aromatic carbocycles. The fourth-order valence-electron chi connectivity index (χ4n) is 1.81. The summed E-state index contributed by atoms with van der Waals surface area (Å²) < 4.78 is 4.04. The maximum atomic E-state index is 4.29. The molecule has 3 rings (SSSR count). The summed E-state index contributed by atoms with van der Waals surface area (Å²) in [5, 5.41) is 11.6. The zero-order valence-corrected chi connectivity index (χ0v) is 11.0. The van der Waals surface area contributed by atoms with Crippen molar-refractivity contribution in [3.05, 3.63) is 18.3 Å². The molecule has 1 aliphatic heterocycles. The van der Waals surface area contributed by atoms with Gasteiger partial charge in [-0.25, -0.2) is 4.98 Å². The predicted octanol–water partition coefficient (Wildman–Crippen LogP) is 0.625. The van der Waals surface area contributed by atoms with E-state index in [2.05, 4.69) is 25.1 Å². The molecule has 1 N–H and O–H groups in total. The smallest absolute Gasteiger partial charge is 0.184 e. The normalized spacial score (nSPS) is 13.5. The monoisotopic (exact) mass is 276 g/mol. The summed E-state index contributed by atoms with van der Waals surface area (Å²) >= 11 is 0. The van der Waals surface area contributed by atoms with Crippen LogP contribution in [0.15, 0.2) is 12.5 Å². The van der Waals surface area contributed by atoms with Crippen molar-refractivity contribution in [1.82, 2.24) is 29.6 Å². The lowest BCUT2D eigenvalue weighted by Gasteiger charge is -2.15. The van der Waals surface area contributed by atoms with E-state index in [-0.39, 0.29) is 24.8 Å². The molecule has 8 heteroatoms. The highest BCUT2D eigenvalue weighted by Gasteiger charge is 2.17. The summed E-state index contributed by atoms with van der Waals surface area (Å²) in [5.74, 6) is 1.86. The lowest BCUT2D eigenvalue weighted by Crippen LogP contribution is -2.28. The third-order valence-electron chi connectivity index (χ3n) is 2.56. The van der Waals surface area contributed by atoms with Gasteiger partial charge in [0.15, 0.2) is 5.82 Å².